The van der Waals surface area contributed by atoms with Crippen LogP contribution in [0.5, 0.6) is 0 Å². The van der Waals surface area contributed by atoms with E-state index in [1.807, 2.05) is 12.1 Å². The molecule has 0 bridgehead atoms. The minimum atomic E-state index is 0.164. The zero-order valence-corrected chi connectivity index (χ0v) is 11.8. The number of halogens is 1. The minimum absolute atomic E-state index is 0.164. The van der Waals surface area contributed by atoms with Crippen molar-refractivity contribution >= 4 is 17.3 Å². The van der Waals surface area contributed by atoms with Crippen LogP contribution in [0.4, 0.5) is 5.69 Å². The molecule has 18 heavy (non-hydrogen) atoms. The van der Waals surface area contributed by atoms with Gasteiger partial charge in [-0.25, -0.2) is 0 Å². The van der Waals surface area contributed by atoms with Gasteiger partial charge in [0.1, 0.15) is 0 Å². The van der Waals surface area contributed by atoms with Crippen LogP contribution in [0.3, 0.4) is 0 Å². The molecular formula is C14H21ClN2O. The van der Waals surface area contributed by atoms with Crippen LogP contribution in [0.1, 0.15) is 12.0 Å². The Labute approximate surface area is 114 Å². The summed E-state index contributed by atoms with van der Waals surface area (Å²) in [7, 11) is 2.11. The molecule has 4 heteroatoms. The second kappa shape index (κ2) is 5.91. The molecule has 0 radical (unpaired) electrons. The lowest BCUT2D eigenvalue weighted by molar-refractivity contribution is 0.229. The highest BCUT2D eigenvalue weighted by molar-refractivity contribution is 6.30. The van der Waals surface area contributed by atoms with Crippen LogP contribution < -0.4 is 4.90 Å². The first kappa shape index (κ1) is 13.7. The lowest BCUT2D eigenvalue weighted by Crippen LogP contribution is -2.43. The second-order valence-corrected chi connectivity index (χ2v) is 5.51. The maximum atomic E-state index is 9.62. The third-order valence-corrected chi connectivity index (χ3v) is 3.82. The van der Waals surface area contributed by atoms with Gasteiger partial charge in [0.15, 0.2) is 0 Å². The van der Waals surface area contributed by atoms with E-state index in [1.165, 1.54) is 11.3 Å². The molecule has 0 amide bonds. The van der Waals surface area contributed by atoms with E-state index in [1.54, 1.807) is 0 Å². The maximum absolute atomic E-state index is 9.62. The van der Waals surface area contributed by atoms with E-state index in [9.17, 15) is 5.11 Å². The van der Waals surface area contributed by atoms with Gasteiger partial charge in [0.2, 0.25) is 0 Å². The maximum Gasteiger partial charge on any atom is 0.0647 e. The topological polar surface area (TPSA) is 26.7 Å². The normalized spacial score (nSPS) is 22.0. The molecule has 0 spiro atoms. The van der Waals surface area contributed by atoms with Gasteiger partial charge < -0.3 is 14.9 Å². The number of rotatable bonds is 2. The summed E-state index contributed by atoms with van der Waals surface area (Å²) in [6, 6.07) is 6.13. The van der Waals surface area contributed by atoms with Crippen molar-refractivity contribution < 1.29 is 5.11 Å². The van der Waals surface area contributed by atoms with Gasteiger partial charge in [0.05, 0.1) is 12.6 Å². The van der Waals surface area contributed by atoms with Crippen LogP contribution in [-0.2, 0) is 0 Å². The lowest BCUT2D eigenvalue weighted by atomic mass is 10.1. The fraction of sp³-hybridized carbons (Fsp3) is 0.571. The molecule has 1 atom stereocenters. The van der Waals surface area contributed by atoms with Gasteiger partial charge in [0.25, 0.3) is 0 Å². The molecular weight excluding hydrogens is 248 g/mol. The average Bonchev–Trinajstić information content (AvgIpc) is 2.51. The highest BCUT2D eigenvalue weighted by Crippen LogP contribution is 2.26. The van der Waals surface area contributed by atoms with Crippen molar-refractivity contribution in [3.05, 3.63) is 28.8 Å². The van der Waals surface area contributed by atoms with Gasteiger partial charge in [0, 0.05) is 23.8 Å². The van der Waals surface area contributed by atoms with Crippen LogP contribution in [0, 0.1) is 6.92 Å². The first-order valence-corrected chi connectivity index (χ1v) is 6.82. The monoisotopic (exact) mass is 268 g/mol. The summed E-state index contributed by atoms with van der Waals surface area (Å²) >= 11 is 6.01. The SMILES string of the molecule is Cc1cc(Cl)ccc1N1CCCN(C)CC1CO. The van der Waals surface area contributed by atoms with Crippen molar-refractivity contribution in [1.82, 2.24) is 4.90 Å². The molecule has 1 aliphatic rings. The van der Waals surface area contributed by atoms with Crippen LogP contribution in [0.25, 0.3) is 0 Å². The first-order valence-electron chi connectivity index (χ1n) is 6.44. The Balaban J connectivity index is 2.28. The molecule has 1 saturated heterocycles. The molecule has 0 aromatic heterocycles. The minimum Gasteiger partial charge on any atom is -0.394 e. The Morgan fingerprint density at radius 3 is 2.83 bits per heavy atom. The molecule has 1 N–H and O–H groups in total. The van der Waals surface area contributed by atoms with Gasteiger partial charge in [-0.3, -0.25) is 0 Å². The number of aliphatic hydroxyl groups is 1. The van der Waals surface area contributed by atoms with Crippen LogP contribution in [-0.4, -0.2) is 49.3 Å². The van der Waals surface area contributed by atoms with Crippen LogP contribution in [0.2, 0.25) is 5.02 Å². The molecule has 3 nitrogen and oxygen atoms in total. The van der Waals surface area contributed by atoms with Gasteiger partial charge in [-0.05, 0) is 50.7 Å². The summed E-state index contributed by atoms with van der Waals surface area (Å²) in [5.74, 6) is 0. The molecule has 0 aliphatic carbocycles. The highest BCUT2D eigenvalue weighted by atomic mass is 35.5. The molecule has 1 heterocycles. The Kier molecular flexibility index (Phi) is 4.49. The number of anilines is 1. The van der Waals surface area contributed by atoms with Crippen molar-refractivity contribution in [3.8, 4) is 0 Å². The number of hydrogen-bond donors (Lipinski definition) is 1. The zero-order valence-electron chi connectivity index (χ0n) is 11.1. The fourth-order valence-corrected chi connectivity index (χ4v) is 2.88. The highest BCUT2D eigenvalue weighted by Gasteiger charge is 2.23. The summed E-state index contributed by atoms with van der Waals surface area (Å²) in [6.07, 6.45) is 1.12. The summed E-state index contributed by atoms with van der Waals surface area (Å²) in [5, 5.41) is 10.4. The number of benzene rings is 1. The van der Waals surface area contributed by atoms with E-state index in [4.69, 9.17) is 11.6 Å². The zero-order chi connectivity index (χ0) is 13.1. The van der Waals surface area contributed by atoms with E-state index in [0.29, 0.717) is 0 Å². The van der Waals surface area contributed by atoms with Gasteiger partial charge in [-0.15, -0.1) is 0 Å². The van der Waals surface area contributed by atoms with Crippen molar-refractivity contribution in [2.24, 2.45) is 0 Å². The largest absolute Gasteiger partial charge is 0.394 e. The standard InChI is InChI=1S/C14H21ClN2O/c1-11-8-12(15)4-5-14(11)17-7-3-6-16(2)9-13(17)10-18/h4-5,8,13,18H,3,6-7,9-10H2,1-2H3. The summed E-state index contributed by atoms with van der Waals surface area (Å²) in [4.78, 5) is 4.60. The molecule has 1 aliphatic heterocycles. The third-order valence-electron chi connectivity index (χ3n) is 3.58. The molecule has 1 unspecified atom stereocenters. The smallest absolute Gasteiger partial charge is 0.0647 e. The fourth-order valence-electron chi connectivity index (χ4n) is 2.66. The van der Waals surface area contributed by atoms with Gasteiger partial charge in [-0.2, -0.15) is 0 Å². The Bertz CT molecular complexity index is 411. The van der Waals surface area contributed by atoms with E-state index >= 15 is 0 Å². The lowest BCUT2D eigenvalue weighted by Gasteiger charge is -2.32. The van der Waals surface area contributed by atoms with E-state index in [0.717, 1.165) is 31.1 Å². The summed E-state index contributed by atoms with van der Waals surface area (Å²) in [5.41, 5.74) is 2.36. The summed E-state index contributed by atoms with van der Waals surface area (Å²) < 4.78 is 0. The molecule has 1 fully saturated rings. The number of aliphatic hydroxyl groups excluding tert-OH is 1. The van der Waals surface area contributed by atoms with Gasteiger partial charge in [-0.1, -0.05) is 11.6 Å². The molecule has 1 aromatic carbocycles. The predicted octanol–water partition coefficient (Wildman–Crippen LogP) is 2.15. The van der Waals surface area contributed by atoms with E-state index in [2.05, 4.69) is 29.8 Å². The van der Waals surface area contributed by atoms with E-state index < -0.39 is 0 Å². The number of hydrogen-bond acceptors (Lipinski definition) is 3. The third kappa shape index (κ3) is 2.97. The Hall–Kier alpha value is -0.770. The Morgan fingerprint density at radius 2 is 2.17 bits per heavy atom. The number of aryl methyl sites for hydroxylation is 1. The number of likely N-dealkylation sites (N-methyl/N-ethyl adjacent to an activating group) is 1. The first-order chi connectivity index (χ1) is 8.61. The van der Waals surface area contributed by atoms with Crippen molar-refractivity contribution in [1.29, 1.82) is 0 Å². The molecule has 100 valence electrons. The number of nitrogens with zero attached hydrogens (tertiary/aromatic N) is 2. The van der Waals surface area contributed by atoms with Crippen LogP contribution in [0.15, 0.2) is 18.2 Å². The molecule has 1 aromatic rings. The summed E-state index contributed by atoms with van der Waals surface area (Å²) in [6.45, 7) is 5.23. The van der Waals surface area contributed by atoms with E-state index in [-0.39, 0.29) is 12.6 Å². The van der Waals surface area contributed by atoms with Crippen molar-refractivity contribution in [2.45, 2.75) is 19.4 Å². The molecule has 0 saturated carbocycles. The quantitative estimate of drug-likeness (QED) is 0.890. The van der Waals surface area contributed by atoms with Crippen molar-refractivity contribution in [3.63, 3.8) is 0 Å². The van der Waals surface area contributed by atoms with Crippen molar-refractivity contribution in [2.75, 3.05) is 38.2 Å². The van der Waals surface area contributed by atoms with Gasteiger partial charge >= 0.3 is 0 Å². The predicted molar refractivity (Wildman–Crippen MR) is 76.5 cm³/mol. The second-order valence-electron chi connectivity index (χ2n) is 5.08. The molecule has 2 rings (SSSR count). The van der Waals surface area contributed by atoms with Crippen LogP contribution >= 0.6 is 11.6 Å². The average molecular weight is 269 g/mol. The Morgan fingerprint density at radius 1 is 1.39 bits per heavy atom.